The van der Waals surface area contributed by atoms with E-state index in [9.17, 15) is 0 Å². The average Bonchev–Trinajstić information content (AvgIpc) is 2.72. The molecule has 0 saturated heterocycles. The van der Waals surface area contributed by atoms with E-state index in [1.807, 2.05) is 61.0 Å². The second-order valence-corrected chi connectivity index (χ2v) is 3.31. The Morgan fingerprint density at radius 2 is 1.24 bits per heavy atom. The van der Waals surface area contributed by atoms with Crippen molar-refractivity contribution in [1.29, 1.82) is 0 Å². The molecule has 0 aromatic carbocycles. The monoisotopic (exact) mass is 223 g/mol. The van der Waals surface area contributed by atoms with Crippen molar-refractivity contribution in [2.24, 2.45) is 0 Å². The Kier molecular flexibility index (Phi) is 4.06. The number of allylic oxidation sites excluding steroid dienone is 4. The summed E-state index contributed by atoms with van der Waals surface area (Å²) in [6.07, 6.45) is 15.1. The number of fused-ring (bicyclic) bond motifs is 1. The maximum absolute atomic E-state index is 4.12. The van der Waals surface area contributed by atoms with Crippen molar-refractivity contribution in [3.05, 3.63) is 73.4 Å². The normalized spacial score (nSPS) is 12.5. The van der Waals surface area contributed by atoms with E-state index in [4.69, 9.17) is 0 Å². The molecule has 0 amide bonds. The summed E-state index contributed by atoms with van der Waals surface area (Å²) in [5.41, 5.74) is 1.90. The third-order valence-electron chi connectivity index (χ3n) is 2.09. The summed E-state index contributed by atoms with van der Waals surface area (Å²) in [7, 11) is 0. The van der Waals surface area contributed by atoms with Gasteiger partial charge in [0.25, 0.3) is 0 Å². The first kappa shape index (κ1) is 11.1. The van der Waals surface area contributed by atoms with Crippen LogP contribution in [0.1, 0.15) is 0 Å². The predicted molar refractivity (Wildman–Crippen MR) is 70.1 cm³/mol. The summed E-state index contributed by atoms with van der Waals surface area (Å²) in [6, 6.07) is 7.66. The quantitative estimate of drug-likeness (QED) is 0.746. The van der Waals surface area contributed by atoms with Gasteiger partial charge in [0.05, 0.1) is 11.0 Å². The van der Waals surface area contributed by atoms with Gasteiger partial charge in [-0.05, 0) is 36.4 Å². The van der Waals surface area contributed by atoms with Crippen molar-refractivity contribution in [3.63, 3.8) is 0 Å². The van der Waals surface area contributed by atoms with E-state index < -0.39 is 0 Å². The third kappa shape index (κ3) is 3.57. The van der Waals surface area contributed by atoms with Crippen molar-refractivity contribution in [1.82, 2.24) is 15.3 Å². The number of aromatic nitrogens is 2. The topological polar surface area (TPSA) is 37.8 Å². The van der Waals surface area contributed by atoms with E-state index in [2.05, 4.69) is 15.3 Å². The van der Waals surface area contributed by atoms with Gasteiger partial charge in [-0.3, -0.25) is 9.97 Å². The maximum Gasteiger partial charge on any atom is 0.0886 e. The van der Waals surface area contributed by atoms with Crippen LogP contribution in [0.2, 0.25) is 0 Å². The Balaban J connectivity index is 0.000000136. The summed E-state index contributed by atoms with van der Waals surface area (Å²) >= 11 is 0. The van der Waals surface area contributed by atoms with Crippen molar-refractivity contribution in [3.8, 4) is 0 Å². The minimum absolute atomic E-state index is 0.949. The molecule has 0 spiro atoms. The third-order valence-corrected chi connectivity index (χ3v) is 2.09. The Bertz CT molecular complexity index is 477. The fraction of sp³-hybridized carbons (Fsp3) is 0. The highest BCUT2D eigenvalue weighted by molar-refractivity contribution is 5.72. The molecule has 3 nitrogen and oxygen atoms in total. The van der Waals surface area contributed by atoms with Gasteiger partial charge in [-0.25, -0.2) is 0 Å². The average molecular weight is 223 g/mol. The van der Waals surface area contributed by atoms with Crippen LogP contribution in [0.3, 0.4) is 0 Å². The highest BCUT2D eigenvalue weighted by Gasteiger charge is 1.88. The van der Waals surface area contributed by atoms with Crippen molar-refractivity contribution in [2.45, 2.75) is 0 Å². The number of pyridine rings is 2. The van der Waals surface area contributed by atoms with E-state index in [0.717, 1.165) is 11.0 Å². The van der Waals surface area contributed by atoms with Crippen LogP contribution in [0, 0.1) is 0 Å². The largest absolute Gasteiger partial charge is 0.368 e. The van der Waals surface area contributed by atoms with Crippen LogP contribution in [0.25, 0.3) is 11.0 Å². The van der Waals surface area contributed by atoms with Crippen molar-refractivity contribution in [2.75, 3.05) is 0 Å². The second-order valence-electron chi connectivity index (χ2n) is 3.31. The molecule has 0 aliphatic carbocycles. The lowest BCUT2D eigenvalue weighted by molar-refractivity contribution is 1.20. The molecule has 0 saturated carbocycles. The Labute approximate surface area is 100 Å². The van der Waals surface area contributed by atoms with Gasteiger partial charge in [-0.2, -0.15) is 0 Å². The molecule has 3 heterocycles. The molecule has 1 aliphatic rings. The first-order chi connectivity index (χ1) is 8.47. The van der Waals surface area contributed by atoms with Gasteiger partial charge in [0.2, 0.25) is 0 Å². The SMILES string of the molecule is C1=CC=CNC=C1.c1cnc2cccnc2c1. The number of rotatable bonds is 0. The molecule has 0 fully saturated rings. The molecule has 0 unspecified atom stereocenters. The number of hydrogen-bond acceptors (Lipinski definition) is 3. The van der Waals surface area contributed by atoms with Gasteiger partial charge in [0, 0.05) is 24.8 Å². The summed E-state index contributed by atoms with van der Waals surface area (Å²) < 4.78 is 0. The zero-order valence-corrected chi connectivity index (χ0v) is 9.32. The van der Waals surface area contributed by atoms with Crippen LogP contribution in [-0.4, -0.2) is 9.97 Å². The first-order valence-corrected chi connectivity index (χ1v) is 5.37. The molecule has 1 aliphatic heterocycles. The van der Waals surface area contributed by atoms with Crippen LogP contribution < -0.4 is 5.32 Å². The fourth-order valence-electron chi connectivity index (χ4n) is 1.31. The van der Waals surface area contributed by atoms with Crippen molar-refractivity contribution < 1.29 is 0 Å². The highest BCUT2D eigenvalue weighted by atomic mass is 14.8. The fourth-order valence-corrected chi connectivity index (χ4v) is 1.31. The zero-order chi connectivity index (χ0) is 11.8. The van der Waals surface area contributed by atoms with Gasteiger partial charge in [0.15, 0.2) is 0 Å². The Hall–Kier alpha value is -2.42. The molecule has 2 aromatic heterocycles. The lowest BCUT2D eigenvalue weighted by Crippen LogP contribution is -1.87. The summed E-state index contributed by atoms with van der Waals surface area (Å²) in [5.74, 6) is 0. The molecule has 0 bridgehead atoms. The molecule has 1 N–H and O–H groups in total. The standard InChI is InChI=1S/C8H6N2.C6H7N/c1-3-7-8(9-5-1)4-2-6-10-7;1-2-4-6-7-5-3-1/h1-6H;1-7H. The molecule has 3 heteroatoms. The minimum Gasteiger partial charge on any atom is -0.368 e. The Morgan fingerprint density at radius 1 is 0.706 bits per heavy atom. The smallest absolute Gasteiger partial charge is 0.0886 e. The van der Waals surface area contributed by atoms with Crippen LogP contribution in [0.15, 0.2) is 73.4 Å². The van der Waals surface area contributed by atoms with Gasteiger partial charge in [0.1, 0.15) is 0 Å². The Morgan fingerprint density at radius 3 is 1.76 bits per heavy atom. The first-order valence-electron chi connectivity index (χ1n) is 5.37. The molecule has 0 atom stereocenters. The van der Waals surface area contributed by atoms with Crippen molar-refractivity contribution >= 4 is 11.0 Å². The van der Waals surface area contributed by atoms with E-state index in [1.54, 1.807) is 12.4 Å². The molecule has 0 radical (unpaired) electrons. The lowest BCUT2D eigenvalue weighted by Gasteiger charge is -1.90. The number of nitrogens with zero attached hydrogens (tertiary/aromatic N) is 2. The molecule has 2 aromatic rings. The summed E-state index contributed by atoms with van der Waals surface area (Å²) in [4.78, 5) is 8.24. The van der Waals surface area contributed by atoms with Gasteiger partial charge in [-0.15, -0.1) is 0 Å². The maximum atomic E-state index is 4.12. The second kappa shape index (κ2) is 6.23. The summed E-state index contributed by atoms with van der Waals surface area (Å²) in [5, 5.41) is 2.92. The van der Waals surface area contributed by atoms with Crippen LogP contribution in [0.4, 0.5) is 0 Å². The molecule has 3 rings (SSSR count). The van der Waals surface area contributed by atoms with E-state index in [-0.39, 0.29) is 0 Å². The van der Waals surface area contributed by atoms with E-state index >= 15 is 0 Å². The van der Waals surface area contributed by atoms with Crippen LogP contribution in [0.5, 0.6) is 0 Å². The van der Waals surface area contributed by atoms with Gasteiger partial charge < -0.3 is 5.32 Å². The summed E-state index contributed by atoms with van der Waals surface area (Å²) in [6.45, 7) is 0. The number of nitrogens with one attached hydrogen (secondary N) is 1. The molecular weight excluding hydrogens is 210 g/mol. The van der Waals surface area contributed by atoms with E-state index in [0.29, 0.717) is 0 Å². The van der Waals surface area contributed by atoms with Crippen LogP contribution >= 0.6 is 0 Å². The minimum atomic E-state index is 0.949. The van der Waals surface area contributed by atoms with Crippen LogP contribution in [-0.2, 0) is 0 Å². The zero-order valence-electron chi connectivity index (χ0n) is 9.32. The van der Waals surface area contributed by atoms with Gasteiger partial charge >= 0.3 is 0 Å². The predicted octanol–water partition coefficient (Wildman–Crippen LogP) is 2.80. The number of hydrogen-bond donors (Lipinski definition) is 1. The lowest BCUT2D eigenvalue weighted by atomic mass is 10.3. The highest BCUT2D eigenvalue weighted by Crippen LogP contribution is 2.04. The van der Waals surface area contributed by atoms with Gasteiger partial charge in [-0.1, -0.05) is 12.2 Å². The molecule has 84 valence electrons. The molecule has 17 heavy (non-hydrogen) atoms. The molecular formula is C14H13N3. The van der Waals surface area contributed by atoms with E-state index in [1.165, 1.54) is 0 Å².